The summed E-state index contributed by atoms with van der Waals surface area (Å²) in [7, 11) is 0. The fourth-order valence-corrected chi connectivity index (χ4v) is 1.41. The third-order valence-corrected chi connectivity index (χ3v) is 2.03. The van der Waals surface area contributed by atoms with Gasteiger partial charge < -0.3 is 4.74 Å². The van der Waals surface area contributed by atoms with E-state index in [1.165, 1.54) is 6.07 Å². The quantitative estimate of drug-likeness (QED) is 0.744. The number of rotatable bonds is 1. The van der Waals surface area contributed by atoms with Crippen molar-refractivity contribution in [3.05, 3.63) is 21.5 Å². The Hall–Kier alpha value is -0.530. The van der Waals surface area contributed by atoms with Crippen LogP contribution in [0.3, 0.4) is 0 Å². The minimum Gasteiger partial charge on any atom is -0.403 e. The van der Waals surface area contributed by atoms with E-state index in [4.69, 9.17) is 0 Å². The van der Waals surface area contributed by atoms with Gasteiger partial charge in [0, 0.05) is 5.69 Å². The zero-order valence-corrected chi connectivity index (χ0v) is 8.68. The minimum atomic E-state index is -4.66. The second kappa shape index (κ2) is 3.69. The Morgan fingerprint density at radius 1 is 1.46 bits per heavy atom. The third kappa shape index (κ3) is 3.37. The molecule has 0 aliphatic rings. The maximum absolute atomic E-state index is 11.8. The van der Waals surface area contributed by atoms with Gasteiger partial charge in [0.15, 0.2) is 5.75 Å². The summed E-state index contributed by atoms with van der Waals surface area (Å²) in [6.07, 6.45) is -3.60. The molecule has 1 heterocycles. The van der Waals surface area contributed by atoms with Crippen molar-refractivity contribution < 1.29 is 17.9 Å². The lowest BCUT2D eigenvalue weighted by Gasteiger charge is -2.09. The van der Waals surface area contributed by atoms with Crippen molar-refractivity contribution in [3.8, 4) is 5.75 Å². The molecule has 13 heavy (non-hydrogen) atoms. The van der Waals surface area contributed by atoms with Gasteiger partial charge in [-0.1, -0.05) is 0 Å². The lowest BCUT2D eigenvalue weighted by Crippen LogP contribution is -2.18. The van der Waals surface area contributed by atoms with Crippen LogP contribution in [0.5, 0.6) is 5.75 Å². The molecule has 0 unspecified atom stereocenters. The van der Waals surface area contributed by atoms with Crippen molar-refractivity contribution >= 4 is 22.6 Å². The first-order chi connectivity index (χ1) is 5.88. The Kier molecular flexibility index (Phi) is 2.99. The standard InChI is InChI=1S/C7H5F3INO/c1-4-2-5(11)6(3-12-4)13-7(8,9)10/h2-3H,1H3. The Balaban J connectivity index is 2.90. The third-order valence-electron chi connectivity index (χ3n) is 1.18. The van der Waals surface area contributed by atoms with E-state index in [1.807, 2.05) is 0 Å². The van der Waals surface area contributed by atoms with E-state index in [0.717, 1.165) is 6.20 Å². The summed E-state index contributed by atoms with van der Waals surface area (Å²) in [4.78, 5) is 3.69. The number of hydrogen-bond acceptors (Lipinski definition) is 2. The van der Waals surface area contributed by atoms with Crippen LogP contribution in [0.25, 0.3) is 0 Å². The highest BCUT2D eigenvalue weighted by atomic mass is 127. The number of nitrogens with zero attached hydrogens (tertiary/aromatic N) is 1. The summed E-state index contributed by atoms with van der Waals surface area (Å²) in [5, 5.41) is 0. The summed E-state index contributed by atoms with van der Waals surface area (Å²) < 4.78 is 39.4. The molecule has 1 aromatic heterocycles. The molecule has 0 aliphatic heterocycles. The number of pyridine rings is 1. The van der Waals surface area contributed by atoms with Gasteiger partial charge in [-0.2, -0.15) is 0 Å². The molecule has 0 saturated heterocycles. The predicted octanol–water partition coefficient (Wildman–Crippen LogP) is 2.89. The molecule has 0 atom stereocenters. The van der Waals surface area contributed by atoms with Crippen molar-refractivity contribution in [1.82, 2.24) is 4.98 Å². The number of halogens is 4. The van der Waals surface area contributed by atoms with E-state index in [9.17, 15) is 13.2 Å². The average Bonchev–Trinajstić information content (AvgIpc) is 1.93. The molecule has 2 nitrogen and oxygen atoms in total. The smallest absolute Gasteiger partial charge is 0.403 e. The predicted molar refractivity (Wildman–Crippen MR) is 48.4 cm³/mol. The van der Waals surface area contributed by atoms with Crippen molar-refractivity contribution in [2.45, 2.75) is 13.3 Å². The molecule has 72 valence electrons. The normalized spacial score (nSPS) is 11.5. The first kappa shape index (κ1) is 10.6. The molecule has 6 heteroatoms. The van der Waals surface area contributed by atoms with Gasteiger partial charge in [0.1, 0.15) is 0 Å². The molecule has 0 radical (unpaired) electrons. The van der Waals surface area contributed by atoms with Gasteiger partial charge in [0.05, 0.1) is 9.77 Å². The van der Waals surface area contributed by atoms with Gasteiger partial charge in [-0.15, -0.1) is 13.2 Å². The van der Waals surface area contributed by atoms with E-state index < -0.39 is 6.36 Å². The molecule has 0 bridgehead atoms. The fourth-order valence-electron chi connectivity index (χ4n) is 0.714. The number of alkyl halides is 3. The molecule has 1 aromatic rings. The van der Waals surface area contributed by atoms with E-state index in [-0.39, 0.29) is 5.75 Å². The molecule has 0 N–H and O–H groups in total. The fraction of sp³-hybridized carbons (Fsp3) is 0.286. The van der Waals surface area contributed by atoms with Gasteiger partial charge in [-0.05, 0) is 35.6 Å². The highest BCUT2D eigenvalue weighted by molar-refractivity contribution is 14.1. The monoisotopic (exact) mass is 303 g/mol. The molecule has 0 amide bonds. The second-order valence-electron chi connectivity index (χ2n) is 2.30. The summed E-state index contributed by atoms with van der Waals surface area (Å²) in [5.74, 6) is -0.265. The van der Waals surface area contributed by atoms with Crippen molar-refractivity contribution in [2.24, 2.45) is 0 Å². The molecule has 0 aliphatic carbocycles. The number of ether oxygens (including phenoxy) is 1. The van der Waals surface area contributed by atoms with Gasteiger partial charge in [-0.3, -0.25) is 4.98 Å². The van der Waals surface area contributed by atoms with Gasteiger partial charge in [0.25, 0.3) is 0 Å². The van der Waals surface area contributed by atoms with Crippen LogP contribution in [0.2, 0.25) is 0 Å². The largest absolute Gasteiger partial charge is 0.573 e. The topological polar surface area (TPSA) is 22.1 Å². The Morgan fingerprint density at radius 3 is 2.54 bits per heavy atom. The van der Waals surface area contributed by atoms with Crippen LogP contribution >= 0.6 is 22.6 Å². The molecule has 0 spiro atoms. The molecule has 1 rings (SSSR count). The van der Waals surface area contributed by atoms with Crippen LogP contribution in [0.1, 0.15) is 5.69 Å². The number of aromatic nitrogens is 1. The highest BCUT2D eigenvalue weighted by Crippen LogP contribution is 2.26. The molecule has 0 aromatic carbocycles. The second-order valence-corrected chi connectivity index (χ2v) is 3.47. The average molecular weight is 303 g/mol. The zero-order chi connectivity index (χ0) is 10.1. The molecular formula is C7H5F3INO. The summed E-state index contributed by atoms with van der Waals surface area (Å²) >= 11 is 1.76. The molecular weight excluding hydrogens is 298 g/mol. The van der Waals surface area contributed by atoms with Gasteiger partial charge in [0.2, 0.25) is 0 Å². The highest BCUT2D eigenvalue weighted by Gasteiger charge is 2.32. The van der Waals surface area contributed by atoms with E-state index in [2.05, 4.69) is 9.72 Å². The van der Waals surface area contributed by atoms with Crippen LogP contribution in [0.15, 0.2) is 12.3 Å². The van der Waals surface area contributed by atoms with E-state index in [0.29, 0.717) is 9.26 Å². The zero-order valence-electron chi connectivity index (χ0n) is 6.52. The van der Waals surface area contributed by atoms with Gasteiger partial charge in [-0.25, -0.2) is 0 Å². The van der Waals surface area contributed by atoms with Crippen LogP contribution in [0, 0.1) is 10.5 Å². The van der Waals surface area contributed by atoms with E-state index in [1.54, 1.807) is 29.5 Å². The molecule has 0 fully saturated rings. The van der Waals surface area contributed by atoms with Crippen molar-refractivity contribution in [3.63, 3.8) is 0 Å². The van der Waals surface area contributed by atoms with Crippen LogP contribution in [0.4, 0.5) is 13.2 Å². The lowest BCUT2D eigenvalue weighted by atomic mass is 10.4. The Bertz CT molecular complexity index is 313. The van der Waals surface area contributed by atoms with E-state index >= 15 is 0 Å². The van der Waals surface area contributed by atoms with Crippen LogP contribution in [-0.2, 0) is 0 Å². The summed E-state index contributed by atoms with van der Waals surface area (Å²) in [6.45, 7) is 1.69. The lowest BCUT2D eigenvalue weighted by molar-refractivity contribution is -0.275. The van der Waals surface area contributed by atoms with Crippen LogP contribution < -0.4 is 4.74 Å². The summed E-state index contributed by atoms with van der Waals surface area (Å²) in [5.41, 5.74) is 0.652. The number of aryl methyl sites for hydroxylation is 1. The first-order valence-corrected chi connectivity index (χ1v) is 4.34. The first-order valence-electron chi connectivity index (χ1n) is 3.26. The van der Waals surface area contributed by atoms with Crippen molar-refractivity contribution in [2.75, 3.05) is 0 Å². The molecule has 0 saturated carbocycles. The minimum absolute atomic E-state index is 0.265. The SMILES string of the molecule is Cc1cc(I)c(OC(F)(F)F)cn1. The van der Waals surface area contributed by atoms with Gasteiger partial charge >= 0.3 is 6.36 Å². The maximum atomic E-state index is 11.8. The Labute approximate surface area is 86.3 Å². The number of hydrogen-bond donors (Lipinski definition) is 0. The van der Waals surface area contributed by atoms with Crippen molar-refractivity contribution in [1.29, 1.82) is 0 Å². The maximum Gasteiger partial charge on any atom is 0.573 e. The summed E-state index contributed by atoms with van der Waals surface area (Å²) in [6, 6.07) is 1.52. The van der Waals surface area contributed by atoms with Crippen LogP contribution in [-0.4, -0.2) is 11.3 Å². The Morgan fingerprint density at radius 2 is 2.08 bits per heavy atom.